The number of esters is 2. The zero-order valence-electron chi connectivity index (χ0n) is 13.8. The van der Waals surface area contributed by atoms with Crippen LogP contribution in [-0.2, 0) is 9.47 Å². The molecule has 7 nitrogen and oxygen atoms in total. The Hall–Kier alpha value is -2.80. The Bertz CT molecular complexity index is 807. The number of hydrogen-bond acceptors (Lipinski definition) is 7. The van der Waals surface area contributed by atoms with E-state index >= 15 is 0 Å². The highest BCUT2D eigenvalue weighted by molar-refractivity contribution is 6.34. The van der Waals surface area contributed by atoms with Crippen LogP contribution in [-0.4, -0.2) is 30.1 Å². The minimum Gasteiger partial charge on any atom is -0.462 e. The van der Waals surface area contributed by atoms with Gasteiger partial charge in [-0.15, -0.1) is 0 Å². The first kappa shape index (κ1) is 18.5. The second kappa shape index (κ2) is 7.85. The molecule has 8 heteroatoms. The highest BCUT2D eigenvalue weighted by Gasteiger charge is 2.29. The maximum atomic E-state index is 12.4. The van der Waals surface area contributed by atoms with Gasteiger partial charge in [0.05, 0.1) is 24.6 Å². The molecule has 4 N–H and O–H groups in total. The van der Waals surface area contributed by atoms with Crippen molar-refractivity contribution in [1.29, 1.82) is 0 Å². The van der Waals surface area contributed by atoms with Crippen molar-refractivity contribution in [2.45, 2.75) is 13.8 Å². The lowest BCUT2D eigenvalue weighted by atomic mass is 10.0. The molecule has 0 saturated carbocycles. The van der Waals surface area contributed by atoms with Gasteiger partial charge in [-0.2, -0.15) is 0 Å². The molecule has 0 aliphatic carbocycles. The van der Waals surface area contributed by atoms with Gasteiger partial charge in [0.25, 0.3) is 0 Å². The molecule has 0 amide bonds. The Balaban J connectivity index is 2.71. The number of halogens is 1. The molecule has 132 valence electrons. The third kappa shape index (κ3) is 3.83. The molecule has 0 spiro atoms. The Morgan fingerprint density at radius 2 is 1.52 bits per heavy atom. The number of nitrogen functional groups attached to an aromatic ring is 2. The fourth-order valence-electron chi connectivity index (χ4n) is 2.24. The van der Waals surface area contributed by atoms with Crippen LogP contribution in [0.1, 0.15) is 34.6 Å². The summed E-state index contributed by atoms with van der Waals surface area (Å²) in [6, 6.07) is 6.69. The fraction of sp³-hybridized carbons (Fsp3) is 0.235. The third-order valence-corrected chi connectivity index (χ3v) is 3.61. The standard InChI is InChI=1S/C17H18ClN3O4/c1-3-24-16(22)11-12(17(23)25-4-2)15(18)21-14(13(11)20)9-5-7-10(19)8-6-9/h5-8H,3-4,19-20H2,1-2H3. The molecular weight excluding hydrogens is 346 g/mol. The summed E-state index contributed by atoms with van der Waals surface area (Å²) < 4.78 is 9.96. The second-order valence-electron chi connectivity index (χ2n) is 4.98. The van der Waals surface area contributed by atoms with Gasteiger partial charge in [0.15, 0.2) is 0 Å². The van der Waals surface area contributed by atoms with Gasteiger partial charge in [0, 0.05) is 11.3 Å². The van der Waals surface area contributed by atoms with Crippen molar-refractivity contribution in [3.8, 4) is 11.3 Å². The largest absolute Gasteiger partial charge is 0.462 e. The number of aromatic nitrogens is 1. The van der Waals surface area contributed by atoms with Crippen molar-refractivity contribution in [3.05, 3.63) is 40.5 Å². The molecule has 0 aliphatic rings. The van der Waals surface area contributed by atoms with Crippen molar-refractivity contribution < 1.29 is 19.1 Å². The van der Waals surface area contributed by atoms with Crippen LogP contribution in [0.5, 0.6) is 0 Å². The van der Waals surface area contributed by atoms with E-state index in [1.807, 2.05) is 0 Å². The summed E-state index contributed by atoms with van der Waals surface area (Å²) >= 11 is 6.16. The van der Waals surface area contributed by atoms with Gasteiger partial charge >= 0.3 is 11.9 Å². The quantitative estimate of drug-likeness (QED) is 0.476. The van der Waals surface area contributed by atoms with E-state index in [2.05, 4.69) is 4.98 Å². The lowest BCUT2D eigenvalue weighted by molar-refractivity contribution is 0.0479. The van der Waals surface area contributed by atoms with Crippen molar-refractivity contribution in [3.63, 3.8) is 0 Å². The fourth-order valence-corrected chi connectivity index (χ4v) is 2.49. The average molecular weight is 364 g/mol. The normalized spacial score (nSPS) is 10.4. The molecule has 0 unspecified atom stereocenters. The van der Waals surface area contributed by atoms with Crippen LogP contribution in [0.3, 0.4) is 0 Å². The van der Waals surface area contributed by atoms with E-state index in [0.717, 1.165) is 0 Å². The molecule has 0 bridgehead atoms. The van der Waals surface area contributed by atoms with Crippen molar-refractivity contribution in [2.24, 2.45) is 0 Å². The summed E-state index contributed by atoms with van der Waals surface area (Å²) in [5.74, 6) is -1.57. The summed E-state index contributed by atoms with van der Waals surface area (Å²) in [6.45, 7) is 3.49. The molecule has 0 radical (unpaired) electrons. The van der Waals surface area contributed by atoms with Gasteiger partial charge in [0.1, 0.15) is 16.3 Å². The molecule has 0 atom stereocenters. The van der Waals surface area contributed by atoms with Gasteiger partial charge < -0.3 is 20.9 Å². The lowest BCUT2D eigenvalue weighted by Gasteiger charge is -2.15. The van der Waals surface area contributed by atoms with Crippen LogP contribution >= 0.6 is 11.6 Å². The van der Waals surface area contributed by atoms with Gasteiger partial charge in [0.2, 0.25) is 0 Å². The van der Waals surface area contributed by atoms with Crippen LogP contribution in [0, 0.1) is 0 Å². The number of nitrogens with two attached hydrogens (primary N) is 2. The van der Waals surface area contributed by atoms with E-state index in [9.17, 15) is 9.59 Å². The second-order valence-corrected chi connectivity index (χ2v) is 5.34. The summed E-state index contributed by atoms with van der Waals surface area (Å²) in [7, 11) is 0. The molecule has 2 rings (SSSR count). The summed E-state index contributed by atoms with van der Waals surface area (Å²) in [5.41, 5.74) is 12.8. The van der Waals surface area contributed by atoms with Gasteiger partial charge in [-0.1, -0.05) is 23.7 Å². The minimum atomic E-state index is -0.793. The highest BCUT2D eigenvalue weighted by atomic mass is 35.5. The van der Waals surface area contributed by atoms with Crippen LogP contribution in [0.15, 0.2) is 24.3 Å². The zero-order valence-corrected chi connectivity index (χ0v) is 14.6. The number of carbonyl (C=O) groups excluding carboxylic acids is 2. The van der Waals surface area contributed by atoms with E-state index in [-0.39, 0.29) is 40.9 Å². The number of anilines is 2. The minimum absolute atomic E-state index is 0.0179. The first-order valence-electron chi connectivity index (χ1n) is 7.59. The van der Waals surface area contributed by atoms with Gasteiger partial charge in [-0.3, -0.25) is 0 Å². The molecule has 0 fully saturated rings. The lowest BCUT2D eigenvalue weighted by Crippen LogP contribution is -2.18. The predicted molar refractivity (Wildman–Crippen MR) is 95.4 cm³/mol. The van der Waals surface area contributed by atoms with E-state index in [1.165, 1.54) is 0 Å². The number of carbonyl (C=O) groups is 2. The van der Waals surface area contributed by atoms with Gasteiger partial charge in [-0.25, -0.2) is 14.6 Å². The Labute approximate surface area is 149 Å². The van der Waals surface area contributed by atoms with E-state index < -0.39 is 11.9 Å². The summed E-state index contributed by atoms with van der Waals surface area (Å²) in [6.07, 6.45) is 0. The van der Waals surface area contributed by atoms with Crippen LogP contribution in [0.2, 0.25) is 5.15 Å². The number of hydrogen-bond donors (Lipinski definition) is 2. The predicted octanol–water partition coefficient (Wildman–Crippen LogP) is 2.92. The van der Waals surface area contributed by atoms with Crippen molar-refractivity contribution in [1.82, 2.24) is 4.98 Å². The first-order valence-corrected chi connectivity index (χ1v) is 7.97. The van der Waals surface area contributed by atoms with Crippen LogP contribution in [0.4, 0.5) is 11.4 Å². The van der Waals surface area contributed by atoms with E-state index in [0.29, 0.717) is 11.3 Å². The zero-order chi connectivity index (χ0) is 18.6. The third-order valence-electron chi connectivity index (χ3n) is 3.33. The molecule has 25 heavy (non-hydrogen) atoms. The van der Waals surface area contributed by atoms with Gasteiger partial charge in [-0.05, 0) is 26.0 Å². The molecule has 1 aromatic heterocycles. The summed E-state index contributed by atoms with van der Waals surface area (Å²) in [4.78, 5) is 28.8. The number of rotatable bonds is 5. The van der Waals surface area contributed by atoms with E-state index in [4.69, 9.17) is 32.5 Å². The molecule has 2 aromatic rings. The molecule has 1 heterocycles. The smallest absolute Gasteiger partial charge is 0.342 e. The van der Waals surface area contributed by atoms with E-state index in [1.54, 1.807) is 38.1 Å². The molecule has 0 saturated heterocycles. The van der Waals surface area contributed by atoms with Crippen molar-refractivity contribution >= 4 is 34.9 Å². The topological polar surface area (TPSA) is 118 Å². The maximum Gasteiger partial charge on any atom is 0.342 e. The Morgan fingerprint density at radius 1 is 1.00 bits per heavy atom. The maximum absolute atomic E-state index is 12.4. The molecule has 0 aliphatic heterocycles. The first-order chi connectivity index (χ1) is 11.9. The number of ether oxygens (including phenoxy) is 2. The molecule has 1 aromatic carbocycles. The summed E-state index contributed by atoms with van der Waals surface area (Å²) in [5, 5.41) is -0.192. The van der Waals surface area contributed by atoms with Crippen LogP contribution in [0.25, 0.3) is 11.3 Å². The van der Waals surface area contributed by atoms with Crippen molar-refractivity contribution in [2.75, 3.05) is 24.7 Å². The highest BCUT2D eigenvalue weighted by Crippen LogP contribution is 2.34. The Morgan fingerprint density at radius 3 is 2.04 bits per heavy atom. The number of benzene rings is 1. The average Bonchev–Trinajstić information content (AvgIpc) is 2.57. The molecular formula is C17H18ClN3O4. The SMILES string of the molecule is CCOC(=O)c1c(Cl)nc(-c2ccc(N)cc2)c(N)c1C(=O)OCC. The number of nitrogens with zero attached hydrogens (tertiary/aromatic N) is 1. The number of pyridine rings is 1. The Kier molecular flexibility index (Phi) is 5.82. The monoisotopic (exact) mass is 363 g/mol. The van der Waals surface area contributed by atoms with Crippen LogP contribution < -0.4 is 11.5 Å².